The second kappa shape index (κ2) is 7.98. The Labute approximate surface area is 154 Å². The van der Waals surface area contributed by atoms with Crippen LogP contribution < -0.4 is 10.1 Å². The zero-order valence-corrected chi connectivity index (χ0v) is 14.5. The zero-order valence-electron chi connectivity index (χ0n) is 14.5. The molecule has 3 rings (SSSR count). The van der Waals surface area contributed by atoms with Crippen LogP contribution in [0.5, 0.6) is 5.75 Å². The fourth-order valence-electron chi connectivity index (χ4n) is 3.37. The molecule has 1 fully saturated rings. The van der Waals surface area contributed by atoms with Crippen molar-refractivity contribution in [2.75, 3.05) is 5.32 Å². The normalized spacial score (nSPS) is 15.4. The Kier molecular flexibility index (Phi) is 5.68. The van der Waals surface area contributed by atoms with Crippen molar-refractivity contribution in [2.24, 2.45) is 0 Å². The third-order valence-corrected chi connectivity index (χ3v) is 4.66. The van der Waals surface area contributed by atoms with E-state index in [1.807, 2.05) is 12.1 Å². The monoisotopic (exact) mass is 381 g/mol. The molecule has 0 radical (unpaired) electrons. The van der Waals surface area contributed by atoms with E-state index in [-0.39, 0.29) is 0 Å². The summed E-state index contributed by atoms with van der Waals surface area (Å²) in [6.45, 7) is 0. The number of carbonyl (C=O) groups excluding carboxylic acids is 1. The maximum Gasteiger partial charge on any atom is 0.573 e. The lowest BCUT2D eigenvalue weighted by Gasteiger charge is -2.22. The van der Waals surface area contributed by atoms with Gasteiger partial charge in [0.05, 0.1) is 5.56 Å². The molecule has 0 saturated heterocycles. The van der Waals surface area contributed by atoms with Crippen LogP contribution in [-0.4, -0.2) is 12.3 Å². The van der Waals surface area contributed by atoms with Gasteiger partial charge in [0.1, 0.15) is 11.6 Å². The Morgan fingerprint density at radius 1 is 1.00 bits per heavy atom. The van der Waals surface area contributed by atoms with Crippen molar-refractivity contribution < 1.29 is 27.1 Å². The molecule has 1 aliphatic carbocycles. The van der Waals surface area contributed by atoms with Gasteiger partial charge in [0.15, 0.2) is 0 Å². The Morgan fingerprint density at radius 2 is 1.67 bits per heavy atom. The van der Waals surface area contributed by atoms with Crippen LogP contribution in [0, 0.1) is 5.82 Å². The van der Waals surface area contributed by atoms with Gasteiger partial charge in [-0.3, -0.25) is 4.79 Å². The summed E-state index contributed by atoms with van der Waals surface area (Å²) in [5, 5.41) is 2.49. The van der Waals surface area contributed by atoms with E-state index in [1.165, 1.54) is 24.8 Å². The van der Waals surface area contributed by atoms with Gasteiger partial charge in [-0.2, -0.15) is 0 Å². The number of amides is 1. The second-order valence-electron chi connectivity index (χ2n) is 6.60. The lowest BCUT2D eigenvalue weighted by molar-refractivity contribution is -0.274. The molecular formula is C20H19F4NO2. The number of rotatable bonds is 4. The second-order valence-corrected chi connectivity index (χ2v) is 6.60. The Hall–Kier alpha value is -2.57. The quantitative estimate of drug-likeness (QED) is 0.657. The van der Waals surface area contributed by atoms with Crippen molar-refractivity contribution in [2.45, 2.75) is 44.4 Å². The van der Waals surface area contributed by atoms with Gasteiger partial charge in [-0.05, 0) is 54.7 Å². The van der Waals surface area contributed by atoms with Crippen molar-refractivity contribution in [3.63, 3.8) is 0 Å². The van der Waals surface area contributed by atoms with Crippen LogP contribution in [0.3, 0.4) is 0 Å². The van der Waals surface area contributed by atoms with Gasteiger partial charge in [0.2, 0.25) is 0 Å². The van der Waals surface area contributed by atoms with E-state index in [0.29, 0.717) is 17.7 Å². The highest BCUT2D eigenvalue weighted by atomic mass is 19.4. The summed E-state index contributed by atoms with van der Waals surface area (Å²) in [6, 6.07) is 9.51. The first kappa shape index (κ1) is 19.2. The molecule has 7 heteroatoms. The van der Waals surface area contributed by atoms with Gasteiger partial charge in [-0.15, -0.1) is 13.2 Å². The minimum atomic E-state index is -4.98. The van der Waals surface area contributed by atoms with Crippen molar-refractivity contribution in [1.29, 1.82) is 0 Å². The van der Waals surface area contributed by atoms with E-state index in [2.05, 4.69) is 10.1 Å². The minimum absolute atomic E-state index is 0.418. The van der Waals surface area contributed by atoms with E-state index < -0.39 is 29.4 Å². The van der Waals surface area contributed by atoms with Gasteiger partial charge in [0.25, 0.3) is 5.91 Å². The topological polar surface area (TPSA) is 38.3 Å². The molecule has 0 unspecified atom stereocenters. The Balaban J connectivity index is 1.74. The van der Waals surface area contributed by atoms with E-state index >= 15 is 0 Å². The van der Waals surface area contributed by atoms with Gasteiger partial charge >= 0.3 is 6.36 Å². The zero-order chi connectivity index (χ0) is 19.4. The van der Waals surface area contributed by atoms with E-state index in [1.54, 1.807) is 12.1 Å². The number of hydrogen-bond donors (Lipinski definition) is 1. The van der Waals surface area contributed by atoms with Crippen LogP contribution in [0.25, 0.3) is 0 Å². The van der Waals surface area contributed by atoms with Gasteiger partial charge < -0.3 is 10.1 Å². The van der Waals surface area contributed by atoms with E-state index in [0.717, 1.165) is 25.0 Å². The molecule has 27 heavy (non-hydrogen) atoms. The van der Waals surface area contributed by atoms with Gasteiger partial charge in [-0.1, -0.05) is 31.4 Å². The average Bonchev–Trinajstić information content (AvgIpc) is 2.63. The molecule has 2 aromatic rings. The molecule has 1 saturated carbocycles. The standard InChI is InChI=1S/C20H19F4NO2/c21-15-8-11-18(27-20(22,23)24)17(12-15)19(26)25-16-9-6-14(7-10-16)13-4-2-1-3-5-13/h6-13H,1-5H2,(H,25,26). The predicted molar refractivity (Wildman–Crippen MR) is 93.3 cm³/mol. The minimum Gasteiger partial charge on any atom is -0.405 e. The number of nitrogens with one attached hydrogen (secondary N) is 1. The fraction of sp³-hybridized carbons (Fsp3) is 0.350. The van der Waals surface area contributed by atoms with Crippen molar-refractivity contribution in [3.05, 3.63) is 59.4 Å². The summed E-state index contributed by atoms with van der Waals surface area (Å²) < 4.78 is 54.7. The average molecular weight is 381 g/mol. The molecule has 0 atom stereocenters. The molecule has 0 bridgehead atoms. The molecule has 2 aromatic carbocycles. The first-order valence-corrected chi connectivity index (χ1v) is 8.78. The SMILES string of the molecule is O=C(Nc1ccc(C2CCCCC2)cc1)c1cc(F)ccc1OC(F)(F)F. The molecular weight excluding hydrogens is 362 g/mol. The number of anilines is 1. The molecule has 1 amide bonds. The Morgan fingerprint density at radius 3 is 2.30 bits per heavy atom. The highest BCUT2D eigenvalue weighted by Gasteiger charge is 2.33. The molecule has 144 valence electrons. The van der Waals surface area contributed by atoms with Crippen molar-refractivity contribution >= 4 is 11.6 Å². The molecule has 0 aliphatic heterocycles. The van der Waals surface area contributed by atoms with E-state index in [9.17, 15) is 22.4 Å². The summed E-state index contributed by atoms with van der Waals surface area (Å²) >= 11 is 0. The van der Waals surface area contributed by atoms with Gasteiger partial charge in [0, 0.05) is 5.69 Å². The Bertz CT molecular complexity index is 797. The van der Waals surface area contributed by atoms with Crippen LogP contribution in [0.15, 0.2) is 42.5 Å². The molecule has 0 spiro atoms. The highest BCUT2D eigenvalue weighted by Crippen LogP contribution is 2.33. The highest BCUT2D eigenvalue weighted by molar-refractivity contribution is 6.06. The molecule has 0 heterocycles. The van der Waals surface area contributed by atoms with Crippen molar-refractivity contribution in [1.82, 2.24) is 0 Å². The molecule has 1 aliphatic rings. The third kappa shape index (κ3) is 5.21. The maximum absolute atomic E-state index is 13.4. The summed E-state index contributed by atoms with van der Waals surface area (Å²) in [7, 11) is 0. The third-order valence-electron chi connectivity index (χ3n) is 4.66. The first-order valence-electron chi connectivity index (χ1n) is 8.78. The number of benzene rings is 2. The number of ether oxygens (including phenoxy) is 1. The molecule has 0 aromatic heterocycles. The largest absolute Gasteiger partial charge is 0.573 e. The van der Waals surface area contributed by atoms with Crippen molar-refractivity contribution in [3.8, 4) is 5.75 Å². The summed E-state index contributed by atoms with van der Waals surface area (Å²) in [5.74, 6) is -1.96. The number of alkyl halides is 3. The van der Waals surface area contributed by atoms with Crippen LogP contribution in [0.1, 0.15) is 53.9 Å². The fourth-order valence-corrected chi connectivity index (χ4v) is 3.37. The van der Waals surface area contributed by atoms with E-state index in [4.69, 9.17) is 0 Å². The summed E-state index contributed by atoms with van der Waals surface area (Å²) in [5.41, 5.74) is 1.07. The number of halogens is 4. The summed E-state index contributed by atoms with van der Waals surface area (Å²) in [4.78, 5) is 12.3. The number of hydrogen-bond acceptors (Lipinski definition) is 2. The van der Waals surface area contributed by atoms with Crippen LogP contribution in [0.2, 0.25) is 0 Å². The molecule has 1 N–H and O–H groups in total. The van der Waals surface area contributed by atoms with Crippen LogP contribution in [-0.2, 0) is 0 Å². The lowest BCUT2D eigenvalue weighted by Crippen LogP contribution is -2.21. The maximum atomic E-state index is 13.4. The smallest absolute Gasteiger partial charge is 0.405 e. The van der Waals surface area contributed by atoms with Crippen LogP contribution in [0.4, 0.5) is 23.2 Å². The lowest BCUT2D eigenvalue weighted by atomic mass is 9.84. The first-order chi connectivity index (χ1) is 12.8. The predicted octanol–water partition coefficient (Wildman–Crippen LogP) is 6.02. The van der Waals surface area contributed by atoms with Gasteiger partial charge in [-0.25, -0.2) is 4.39 Å². The van der Waals surface area contributed by atoms with Crippen LogP contribution >= 0.6 is 0 Å². The summed E-state index contributed by atoms with van der Waals surface area (Å²) in [6.07, 6.45) is 0.935. The number of carbonyl (C=O) groups is 1. The molecule has 3 nitrogen and oxygen atoms in total.